The van der Waals surface area contributed by atoms with E-state index >= 15 is 0 Å². The number of aromatic nitrogens is 5. The summed E-state index contributed by atoms with van der Waals surface area (Å²) in [6, 6.07) is 73.4. The quantitative estimate of drug-likeness (QED) is 0.156. The second-order valence-electron chi connectivity index (χ2n) is 13.9. The number of rotatable bonds is 8. The van der Waals surface area contributed by atoms with Crippen molar-refractivity contribution in [2.24, 2.45) is 0 Å². The highest BCUT2D eigenvalue weighted by Gasteiger charge is 2.16. The molecule has 0 unspecified atom stereocenters. The lowest BCUT2D eigenvalue weighted by Gasteiger charge is -2.11. The second kappa shape index (κ2) is 14.8. The maximum Gasteiger partial charge on any atom is 0.164 e. The van der Waals surface area contributed by atoms with Crippen LogP contribution < -0.4 is 0 Å². The first-order valence-electron chi connectivity index (χ1n) is 19.1. The van der Waals surface area contributed by atoms with Crippen LogP contribution in [-0.2, 0) is 0 Å². The SMILES string of the molecule is c1ccc(-c2ccc(-c3cccc(-c4nc(-c5ccccc5)nc(-c5cccc(-c6ccc(-c7nc8ccccc8n7-c7ccccc7)cc6)c5)n4)c3)cc2)cc1. The number of para-hydroxylation sites is 3. The average Bonchev–Trinajstić information content (AvgIpc) is 3.70. The van der Waals surface area contributed by atoms with Gasteiger partial charge in [-0.1, -0.05) is 176 Å². The first-order valence-corrected chi connectivity index (χ1v) is 19.1. The molecule has 0 saturated carbocycles. The van der Waals surface area contributed by atoms with Gasteiger partial charge in [0, 0.05) is 27.9 Å². The Bertz CT molecular complexity index is 2970. The number of fused-ring (bicyclic) bond motifs is 1. The molecule has 5 heteroatoms. The molecule has 0 aliphatic carbocycles. The molecule has 0 bridgehead atoms. The smallest absolute Gasteiger partial charge is 0.164 e. The van der Waals surface area contributed by atoms with E-state index in [1.165, 1.54) is 11.1 Å². The number of benzene rings is 8. The summed E-state index contributed by atoms with van der Waals surface area (Å²) < 4.78 is 2.23. The van der Waals surface area contributed by atoms with Gasteiger partial charge in [-0.25, -0.2) is 19.9 Å². The molecule has 0 spiro atoms. The molecule has 0 aliphatic rings. The molecule has 0 atom stereocenters. The summed E-state index contributed by atoms with van der Waals surface area (Å²) in [6.45, 7) is 0. The Kier molecular flexibility index (Phi) is 8.78. The monoisotopic (exact) mass is 729 g/mol. The topological polar surface area (TPSA) is 56.5 Å². The van der Waals surface area contributed by atoms with Gasteiger partial charge in [-0.3, -0.25) is 4.57 Å². The van der Waals surface area contributed by atoms with Gasteiger partial charge in [0.15, 0.2) is 17.5 Å². The molecule has 0 N–H and O–H groups in total. The molecule has 10 rings (SSSR count). The molecular formula is C52H35N5. The summed E-state index contributed by atoms with van der Waals surface area (Å²) in [4.78, 5) is 20.2. The van der Waals surface area contributed by atoms with Gasteiger partial charge >= 0.3 is 0 Å². The van der Waals surface area contributed by atoms with E-state index in [0.717, 1.165) is 67.1 Å². The molecule has 5 nitrogen and oxygen atoms in total. The molecular weight excluding hydrogens is 695 g/mol. The van der Waals surface area contributed by atoms with Crippen molar-refractivity contribution in [2.75, 3.05) is 0 Å². The first kappa shape index (κ1) is 33.8. The standard InChI is InChI=1S/C52H35N5/c1-4-14-36(15-5-1)37-26-28-38(29-27-37)42-18-12-20-44(34-42)50-54-49(40-16-6-2-7-17-40)55-51(56-50)45-21-13-19-43(35-45)39-30-32-41(33-31-39)52-53-47-24-10-11-25-48(47)57(52)46-22-8-3-9-23-46/h1-35H. The molecule has 0 saturated heterocycles. The summed E-state index contributed by atoms with van der Waals surface area (Å²) in [6.07, 6.45) is 0. The summed E-state index contributed by atoms with van der Waals surface area (Å²) >= 11 is 0. The van der Waals surface area contributed by atoms with E-state index in [9.17, 15) is 0 Å². The minimum absolute atomic E-state index is 0.617. The highest BCUT2D eigenvalue weighted by atomic mass is 15.1. The van der Waals surface area contributed by atoms with Gasteiger partial charge < -0.3 is 0 Å². The molecule has 0 fully saturated rings. The maximum atomic E-state index is 5.10. The molecule has 268 valence electrons. The van der Waals surface area contributed by atoms with Gasteiger partial charge in [-0.2, -0.15) is 0 Å². The van der Waals surface area contributed by atoms with Crippen molar-refractivity contribution >= 4 is 11.0 Å². The Hall–Kier alpha value is -7.76. The lowest BCUT2D eigenvalue weighted by atomic mass is 9.99. The van der Waals surface area contributed by atoms with Crippen molar-refractivity contribution in [3.63, 3.8) is 0 Å². The molecule has 8 aromatic carbocycles. The van der Waals surface area contributed by atoms with Crippen LogP contribution in [0.2, 0.25) is 0 Å². The van der Waals surface area contributed by atoms with E-state index in [-0.39, 0.29) is 0 Å². The third-order valence-corrected chi connectivity index (χ3v) is 10.3. The summed E-state index contributed by atoms with van der Waals surface area (Å²) in [7, 11) is 0. The van der Waals surface area contributed by atoms with Gasteiger partial charge in [-0.05, 0) is 69.8 Å². The van der Waals surface area contributed by atoms with Crippen molar-refractivity contribution in [3.8, 4) is 84.6 Å². The second-order valence-corrected chi connectivity index (χ2v) is 13.9. The van der Waals surface area contributed by atoms with Crippen LogP contribution in [0.3, 0.4) is 0 Å². The predicted molar refractivity (Wildman–Crippen MR) is 233 cm³/mol. The molecule has 2 heterocycles. The van der Waals surface area contributed by atoms with Crippen LogP contribution in [0.25, 0.3) is 95.7 Å². The Balaban J connectivity index is 1.00. The summed E-state index contributed by atoms with van der Waals surface area (Å²) in [5, 5.41) is 0. The fourth-order valence-electron chi connectivity index (χ4n) is 7.38. The van der Waals surface area contributed by atoms with Crippen molar-refractivity contribution in [1.29, 1.82) is 0 Å². The molecule has 0 radical (unpaired) electrons. The molecule has 0 aliphatic heterocycles. The molecule has 0 amide bonds. The van der Waals surface area contributed by atoms with Crippen LogP contribution in [0.5, 0.6) is 0 Å². The van der Waals surface area contributed by atoms with E-state index in [1.807, 2.05) is 48.5 Å². The summed E-state index contributed by atoms with van der Waals surface area (Å²) in [5.74, 6) is 2.77. The van der Waals surface area contributed by atoms with Crippen molar-refractivity contribution in [2.45, 2.75) is 0 Å². The molecule has 2 aromatic heterocycles. The Morgan fingerprint density at radius 3 is 1.21 bits per heavy atom. The fourth-order valence-corrected chi connectivity index (χ4v) is 7.38. The largest absolute Gasteiger partial charge is 0.292 e. The van der Waals surface area contributed by atoms with Crippen LogP contribution >= 0.6 is 0 Å². The lowest BCUT2D eigenvalue weighted by molar-refractivity contribution is 1.07. The minimum atomic E-state index is 0.617. The van der Waals surface area contributed by atoms with E-state index in [4.69, 9.17) is 19.9 Å². The zero-order valence-corrected chi connectivity index (χ0v) is 30.9. The number of hydrogen-bond acceptors (Lipinski definition) is 4. The van der Waals surface area contributed by atoms with Crippen LogP contribution in [-0.4, -0.2) is 24.5 Å². The number of imidazole rings is 1. The Morgan fingerprint density at radius 1 is 0.263 bits per heavy atom. The highest BCUT2D eigenvalue weighted by molar-refractivity contribution is 5.84. The van der Waals surface area contributed by atoms with Gasteiger partial charge in [0.25, 0.3) is 0 Å². The zero-order valence-electron chi connectivity index (χ0n) is 30.9. The highest BCUT2D eigenvalue weighted by Crippen LogP contribution is 2.33. The fraction of sp³-hybridized carbons (Fsp3) is 0. The van der Waals surface area contributed by atoms with Crippen LogP contribution in [0.15, 0.2) is 212 Å². The van der Waals surface area contributed by atoms with Crippen LogP contribution in [0, 0.1) is 0 Å². The van der Waals surface area contributed by atoms with E-state index in [0.29, 0.717) is 17.5 Å². The zero-order chi connectivity index (χ0) is 38.0. The average molecular weight is 730 g/mol. The van der Waals surface area contributed by atoms with Gasteiger partial charge in [0.2, 0.25) is 0 Å². The third-order valence-electron chi connectivity index (χ3n) is 10.3. The van der Waals surface area contributed by atoms with Gasteiger partial charge in [0.05, 0.1) is 11.0 Å². The lowest BCUT2D eigenvalue weighted by Crippen LogP contribution is -2.00. The minimum Gasteiger partial charge on any atom is -0.292 e. The molecule has 10 aromatic rings. The third kappa shape index (κ3) is 6.79. The Labute approximate surface area is 331 Å². The molecule has 57 heavy (non-hydrogen) atoms. The van der Waals surface area contributed by atoms with E-state index < -0.39 is 0 Å². The Morgan fingerprint density at radius 2 is 0.649 bits per heavy atom. The van der Waals surface area contributed by atoms with E-state index in [2.05, 4.69) is 168 Å². The van der Waals surface area contributed by atoms with Crippen LogP contribution in [0.1, 0.15) is 0 Å². The van der Waals surface area contributed by atoms with Crippen molar-refractivity contribution < 1.29 is 0 Å². The maximum absolute atomic E-state index is 5.10. The van der Waals surface area contributed by atoms with Gasteiger partial charge in [0.1, 0.15) is 5.82 Å². The predicted octanol–water partition coefficient (Wildman–Crippen LogP) is 12.9. The number of nitrogens with zero attached hydrogens (tertiary/aromatic N) is 5. The van der Waals surface area contributed by atoms with E-state index in [1.54, 1.807) is 0 Å². The summed E-state index contributed by atoms with van der Waals surface area (Å²) in [5.41, 5.74) is 13.7. The van der Waals surface area contributed by atoms with Crippen molar-refractivity contribution in [3.05, 3.63) is 212 Å². The van der Waals surface area contributed by atoms with Crippen molar-refractivity contribution in [1.82, 2.24) is 24.5 Å². The normalized spacial score (nSPS) is 11.2. The van der Waals surface area contributed by atoms with Crippen LogP contribution in [0.4, 0.5) is 0 Å². The number of hydrogen-bond donors (Lipinski definition) is 0. The van der Waals surface area contributed by atoms with Gasteiger partial charge in [-0.15, -0.1) is 0 Å². The first-order chi connectivity index (χ1) is 28.2.